The number of nitrogens with zero attached hydrogens (tertiary/aromatic N) is 7. The molecule has 3 aromatic heterocycles. The van der Waals surface area contributed by atoms with Gasteiger partial charge >= 0.3 is 0 Å². The Morgan fingerprint density at radius 3 is 2.76 bits per heavy atom. The Morgan fingerprint density at radius 2 is 1.93 bits per heavy atom. The summed E-state index contributed by atoms with van der Waals surface area (Å²) in [5.74, 6) is 0.768. The zero-order valence-corrected chi connectivity index (χ0v) is 17.5. The molecule has 8 heteroatoms. The van der Waals surface area contributed by atoms with E-state index in [1.807, 2.05) is 35.9 Å². The number of aromatic nitrogens is 4. The van der Waals surface area contributed by atoms with E-state index in [2.05, 4.69) is 42.9 Å². The molecule has 0 amide bonds. The zero-order chi connectivity index (χ0) is 19.6. The number of rotatable bonds is 4. The van der Waals surface area contributed by atoms with Crippen LogP contribution in [0.4, 0.5) is 5.13 Å². The number of hydrogen-bond acceptors (Lipinski definition) is 8. The molecule has 0 bridgehead atoms. The van der Waals surface area contributed by atoms with Crippen molar-refractivity contribution in [1.82, 2.24) is 29.7 Å². The first-order valence-electron chi connectivity index (χ1n) is 10.1. The van der Waals surface area contributed by atoms with Crippen LogP contribution < -0.4 is 4.90 Å². The van der Waals surface area contributed by atoms with Crippen molar-refractivity contribution in [2.45, 2.75) is 19.5 Å². The Kier molecular flexibility index (Phi) is 5.22. The summed E-state index contributed by atoms with van der Waals surface area (Å²) in [5, 5.41) is 1.16. The third kappa shape index (κ3) is 4.14. The number of thiazole rings is 1. The zero-order valence-electron chi connectivity index (χ0n) is 16.7. The molecule has 0 aliphatic carbocycles. The van der Waals surface area contributed by atoms with Gasteiger partial charge in [0.25, 0.3) is 0 Å². The van der Waals surface area contributed by atoms with Gasteiger partial charge in [-0.15, -0.1) is 11.3 Å². The number of fused-ring (bicyclic) bond motifs is 1. The molecular formula is C21H25N7S. The minimum absolute atomic E-state index is 0.768. The lowest BCUT2D eigenvalue weighted by Crippen LogP contribution is -2.44. The second-order valence-electron chi connectivity index (χ2n) is 7.77. The molecule has 0 N–H and O–H groups in total. The monoisotopic (exact) mass is 407 g/mol. The van der Waals surface area contributed by atoms with Crippen molar-refractivity contribution in [2.24, 2.45) is 0 Å². The molecule has 1 saturated heterocycles. The molecular weight excluding hydrogens is 382 g/mol. The maximum absolute atomic E-state index is 4.80. The fourth-order valence-corrected chi connectivity index (χ4v) is 4.88. The van der Waals surface area contributed by atoms with E-state index in [0.717, 1.165) is 74.4 Å². The summed E-state index contributed by atoms with van der Waals surface area (Å²) in [4.78, 5) is 26.8. The molecule has 0 aromatic carbocycles. The average molecular weight is 408 g/mol. The third-order valence-corrected chi connectivity index (χ3v) is 6.67. The molecule has 3 aromatic rings. The Hall–Kier alpha value is -2.42. The summed E-state index contributed by atoms with van der Waals surface area (Å²) < 4.78 is 0. The lowest BCUT2D eigenvalue weighted by Gasteiger charge is -2.32. The summed E-state index contributed by atoms with van der Waals surface area (Å²) in [5.41, 5.74) is 3.36. The van der Waals surface area contributed by atoms with Crippen LogP contribution in [0.5, 0.6) is 0 Å². The van der Waals surface area contributed by atoms with Gasteiger partial charge in [-0.3, -0.25) is 9.88 Å². The van der Waals surface area contributed by atoms with Crippen molar-refractivity contribution in [1.29, 1.82) is 0 Å². The lowest BCUT2D eigenvalue weighted by atomic mass is 10.1. The largest absolute Gasteiger partial charge is 0.346 e. The highest BCUT2D eigenvalue weighted by Gasteiger charge is 2.21. The summed E-state index contributed by atoms with van der Waals surface area (Å²) in [6.07, 6.45) is 8.58. The fraction of sp³-hybridized carbons (Fsp3) is 0.429. The maximum atomic E-state index is 4.80. The average Bonchev–Trinajstić information content (AvgIpc) is 3.23. The van der Waals surface area contributed by atoms with Crippen LogP contribution in [0.15, 0.2) is 36.9 Å². The Morgan fingerprint density at radius 1 is 1.03 bits per heavy atom. The summed E-state index contributed by atoms with van der Waals surface area (Å²) in [6, 6.07) is 3.93. The summed E-state index contributed by atoms with van der Waals surface area (Å²) >= 11 is 1.83. The van der Waals surface area contributed by atoms with Gasteiger partial charge in [0, 0.05) is 93.0 Å². The molecule has 0 atom stereocenters. The smallest absolute Gasteiger partial charge is 0.185 e. The Bertz CT molecular complexity index is 966. The third-order valence-electron chi connectivity index (χ3n) is 5.63. The van der Waals surface area contributed by atoms with Crippen molar-refractivity contribution in [2.75, 3.05) is 44.7 Å². The standard InChI is InChI=1S/C21H25N7S/c1-26-7-9-28(10-8-26)21-24-13-18(29-21)15-27-6-4-19-17(14-27)12-23-20(25-19)16-3-2-5-22-11-16/h2-3,5,11-13H,4,6-10,14-15H2,1H3. The van der Waals surface area contributed by atoms with Crippen LogP contribution in [0.25, 0.3) is 11.4 Å². The molecule has 0 spiro atoms. The highest BCUT2D eigenvalue weighted by Crippen LogP contribution is 2.27. The lowest BCUT2D eigenvalue weighted by molar-refractivity contribution is 0.245. The van der Waals surface area contributed by atoms with Gasteiger partial charge in [0.2, 0.25) is 0 Å². The van der Waals surface area contributed by atoms with Crippen molar-refractivity contribution in [3.63, 3.8) is 0 Å². The predicted octanol–water partition coefficient (Wildman–Crippen LogP) is 2.31. The molecule has 5 heterocycles. The predicted molar refractivity (Wildman–Crippen MR) is 115 cm³/mol. The van der Waals surface area contributed by atoms with Crippen LogP contribution in [0.3, 0.4) is 0 Å². The van der Waals surface area contributed by atoms with E-state index >= 15 is 0 Å². The minimum atomic E-state index is 0.768. The van der Waals surface area contributed by atoms with Gasteiger partial charge in [0.05, 0.1) is 5.69 Å². The molecule has 0 radical (unpaired) electrons. The Balaban J connectivity index is 1.24. The van der Waals surface area contributed by atoms with Crippen LogP contribution in [0.2, 0.25) is 0 Å². The van der Waals surface area contributed by atoms with Gasteiger partial charge < -0.3 is 9.80 Å². The summed E-state index contributed by atoms with van der Waals surface area (Å²) in [7, 11) is 2.18. The fourth-order valence-electron chi connectivity index (χ4n) is 3.88. The van der Waals surface area contributed by atoms with Gasteiger partial charge in [0.1, 0.15) is 0 Å². The van der Waals surface area contributed by atoms with Crippen LogP contribution in [0.1, 0.15) is 16.1 Å². The molecule has 29 heavy (non-hydrogen) atoms. The molecule has 2 aliphatic heterocycles. The highest BCUT2D eigenvalue weighted by atomic mass is 32.1. The number of hydrogen-bond donors (Lipinski definition) is 0. The van der Waals surface area contributed by atoms with Gasteiger partial charge in [-0.05, 0) is 19.2 Å². The molecule has 0 saturated carbocycles. The van der Waals surface area contributed by atoms with Crippen molar-refractivity contribution in [3.8, 4) is 11.4 Å². The van der Waals surface area contributed by atoms with Gasteiger partial charge in [0.15, 0.2) is 11.0 Å². The van der Waals surface area contributed by atoms with Gasteiger partial charge in [-0.1, -0.05) is 0 Å². The first kappa shape index (κ1) is 18.6. The van der Waals surface area contributed by atoms with E-state index in [1.165, 1.54) is 10.4 Å². The van der Waals surface area contributed by atoms with Gasteiger partial charge in [-0.25, -0.2) is 15.0 Å². The molecule has 5 rings (SSSR count). The second kappa shape index (κ2) is 8.14. The van der Waals surface area contributed by atoms with E-state index in [1.54, 1.807) is 6.20 Å². The van der Waals surface area contributed by atoms with E-state index in [9.17, 15) is 0 Å². The molecule has 2 aliphatic rings. The van der Waals surface area contributed by atoms with E-state index in [-0.39, 0.29) is 0 Å². The van der Waals surface area contributed by atoms with Crippen molar-refractivity contribution in [3.05, 3.63) is 53.1 Å². The second-order valence-corrected chi connectivity index (χ2v) is 8.86. The number of pyridine rings is 1. The SMILES string of the molecule is CN1CCN(c2ncc(CN3CCc4nc(-c5cccnc5)ncc4C3)s2)CC1. The van der Waals surface area contributed by atoms with Gasteiger partial charge in [-0.2, -0.15) is 0 Å². The molecule has 1 fully saturated rings. The van der Waals surface area contributed by atoms with Crippen LogP contribution >= 0.6 is 11.3 Å². The molecule has 7 nitrogen and oxygen atoms in total. The quantitative estimate of drug-likeness (QED) is 0.658. The van der Waals surface area contributed by atoms with E-state index < -0.39 is 0 Å². The van der Waals surface area contributed by atoms with Crippen molar-refractivity contribution < 1.29 is 0 Å². The normalized spacial score (nSPS) is 18.0. The molecule has 0 unspecified atom stereocenters. The first-order chi connectivity index (χ1) is 14.2. The number of anilines is 1. The van der Waals surface area contributed by atoms with E-state index in [0.29, 0.717) is 0 Å². The highest BCUT2D eigenvalue weighted by molar-refractivity contribution is 7.15. The molecule has 150 valence electrons. The summed E-state index contributed by atoms with van der Waals surface area (Å²) in [6.45, 7) is 7.20. The van der Waals surface area contributed by atoms with Crippen LogP contribution in [0, 0.1) is 0 Å². The van der Waals surface area contributed by atoms with Crippen molar-refractivity contribution >= 4 is 16.5 Å². The number of piperazine rings is 1. The minimum Gasteiger partial charge on any atom is -0.346 e. The number of likely N-dealkylation sites (N-methyl/N-ethyl adjacent to an activating group) is 1. The first-order valence-corrected chi connectivity index (χ1v) is 10.9. The topological polar surface area (TPSA) is 61.3 Å². The Labute approximate surface area is 175 Å². The maximum Gasteiger partial charge on any atom is 0.185 e. The van der Waals surface area contributed by atoms with Crippen LogP contribution in [-0.2, 0) is 19.5 Å². The van der Waals surface area contributed by atoms with Crippen LogP contribution in [-0.4, -0.2) is 69.5 Å². The van der Waals surface area contributed by atoms with E-state index in [4.69, 9.17) is 4.98 Å².